The summed E-state index contributed by atoms with van der Waals surface area (Å²) < 4.78 is 5.30. The molecular weight excluding hydrogens is 238 g/mol. The van der Waals surface area contributed by atoms with E-state index in [2.05, 4.69) is 4.90 Å². The van der Waals surface area contributed by atoms with Crippen LogP contribution in [-0.4, -0.2) is 36.2 Å². The van der Waals surface area contributed by atoms with Gasteiger partial charge in [-0.25, -0.2) is 0 Å². The zero-order valence-corrected chi connectivity index (χ0v) is 11.6. The molecule has 19 heavy (non-hydrogen) atoms. The number of piperidine rings is 2. The molecule has 1 aromatic carbocycles. The van der Waals surface area contributed by atoms with Gasteiger partial charge < -0.3 is 9.84 Å². The highest BCUT2D eigenvalue weighted by Crippen LogP contribution is 2.41. The van der Waals surface area contributed by atoms with Crippen molar-refractivity contribution >= 4 is 0 Å². The summed E-state index contributed by atoms with van der Waals surface area (Å²) in [5.41, 5.74) is 0.316. The van der Waals surface area contributed by atoms with E-state index in [1.54, 1.807) is 7.11 Å². The van der Waals surface area contributed by atoms with Crippen LogP contribution in [0.2, 0.25) is 0 Å². The fourth-order valence-corrected chi connectivity index (χ4v) is 3.75. The summed E-state index contributed by atoms with van der Waals surface area (Å²) in [4.78, 5) is 2.48. The van der Waals surface area contributed by atoms with Crippen molar-refractivity contribution in [2.24, 2.45) is 0 Å². The monoisotopic (exact) mass is 261 g/mol. The lowest BCUT2D eigenvalue weighted by Crippen LogP contribution is -2.56. The Labute approximate surface area is 115 Å². The van der Waals surface area contributed by atoms with Crippen LogP contribution in [0.1, 0.15) is 37.7 Å². The van der Waals surface area contributed by atoms with E-state index < -0.39 is 5.60 Å². The van der Waals surface area contributed by atoms with Crippen LogP contribution in [-0.2, 0) is 5.60 Å². The lowest BCUT2D eigenvalue weighted by molar-refractivity contribution is -0.0996. The average Bonchev–Trinajstić information content (AvgIpc) is 2.48. The maximum absolute atomic E-state index is 11.3. The highest BCUT2D eigenvalue weighted by molar-refractivity contribution is 5.34. The van der Waals surface area contributed by atoms with Crippen molar-refractivity contribution in [3.05, 3.63) is 29.8 Å². The van der Waals surface area contributed by atoms with Crippen molar-refractivity contribution in [1.29, 1.82) is 0 Å². The molecule has 3 heteroatoms. The molecule has 2 atom stereocenters. The van der Waals surface area contributed by atoms with Gasteiger partial charge in [0.1, 0.15) is 11.4 Å². The molecule has 2 saturated heterocycles. The smallest absolute Gasteiger partial charge is 0.119 e. The second-order valence-corrected chi connectivity index (χ2v) is 5.81. The van der Waals surface area contributed by atoms with Crippen LogP contribution in [0.3, 0.4) is 0 Å². The summed E-state index contributed by atoms with van der Waals surface area (Å²) in [6.45, 7) is 2.27. The predicted molar refractivity (Wildman–Crippen MR) is 75.3 cm³/mol. The third-order valence-electron chi connectivity index (χ3n) is 4.74. The molecule has 2 aliphatic rings. The maximum Gasteiger partial charge on any atom is 0.119 e. The van der Waals surface area contributed by atoms with Crippen molar-refractivity contribution < 1.29 is 9.84 Å². The Balaban J connectivity index is 1.94. The van der Waals surface area contributed by atoms with Crippen LogP contribution < -0.4 is 4.74 Å². The van der Waals surface area contributed by atoms with Gasteiger partial charge >= 0.3 is 0 Å². The molecule has 2 unspecified atom stereocenters. The molecule has 1 aromatic rings. The molecule has 0 spiro atoms. The molecule has 2 aliphatic heterocycles. The number of hydrogen-bond acceptors (Lipinski definition) is 3. The molecule has 1 N–H and O–H groups in total. The summed E-state index contributed by atoms with van der Waals surface area (Å²) >= 11 is 0. The van der Waals surface area contributed by atoms with E-state index >= 15 is 0 Å². The van der Waals surface area contributed by atoms with Crippen LogP contribution >= 0.6 is 0 Å². The quantitative estimate of drug-likeness (QED) is 0.888. The minimum absolute atomic E-state index is 0.280. The second kappa shape index (κ2) is 5.14. The van der Waals surface area contributed by atoms with E-state index in [1.807, 2.05) is 24.3 Å². The van der Waals surface area contributed by atoms with E-state index in [4.69, 9.17) is 4.74 Å². The zero-order chi connectivity index (χ0) is 13.3. The minimum Gasteiger partial charge on any atom is -0.497 e. The van der Waals surface area contributed by atoms with Crippen LogP contribution in [0.15, 0.2) is 24.3 Å². The Kier molecular flexibility index (Phi) is 3.50. The van der Waals surface area contributed by atoms with Crippen molar-refractivity contribution in [2.75, 3.05) is 20.2 Å². The van der Waals surface area contributed by atoms with Gasteiger partial charge in [-0.2, -0.15) is 0 Å². The maximum atomic E-state index is 11.3. The molecule has 3 rings (SSSR count). The minimum atomic E-state index is -0.701. The van der Waals surface area contributed by atoms with Gasteiger partial charge in [-0.15, -0.1) is 0 Å². The molecule has 3 nitrogen and oxygen atoms in total. The number of fused-ring (bicyclic) bond motifs is 1. The third-order valence-corrected chi connectivity index (χ3v) is 4.74. The van der Waals surface area contributed by atoms with Gasteiger partial charge in [0.05, 0.1) is 7.11 Å². The number of nitrogens with zero attached hydrogens (tertiary/aromatic N) is 1. The predicted octanol–water partition coefficient (Wildman–Crippen LogP) is 2.53. The van der Waals surface area contributed by atoms with Crippen molar-refractivity contribution in [2.45, 2.75) is 43.7 Å². The van der Waals surface area contributed by atoms with E-state index in [1.165, 1.54) is 12.8 Å². The largest absolute Gasteiger partial charge is 0.497 e. The first-order valence-corrected chi connectivity index (χ1v) is 7.35. The molecule has 2 fully saturated rings. The fourth-order valence-electron chi connectivity index (χ4n) is 3.75. The fraction of sp³-hybridized carbons (Fsp3) is 0.625. The summed E-state index contributed by atoms with van der Waals surface area (Å²) in [7, 11) is 1.68. The summed E-state index contributed by atoms with van der Waals surface area (Å²) in [5.74, 6) is 0.832. The standard InChI is InChI=1S/C16H23NO2/c1-19-14-7-4-6-13(12-14)16(18)9-5-11-17-10-3-2-8-15(16)17/h4,6-7,12,15,18H,2-3,5,8-11H2,1H3. The first-order valence-electron chi connectivity index (χ1n) is 7.35. The molecule has 0 amide bonds. The lowest BCUT2D eigenvalue weighted by Gasteiger charge is -2.49. The van der Waals surface area contributed by atoms with E-state index in [-0.39, 0.29) is 6.04 Å². The Morgan fingerprint density at radius 1 is 1.26 bits per heavy atom. The molecule has 0 saturated carbocycles. The van der Waals surface area contributed by atoms with Gasteiger partial charge in [-0.1, -0.05) is 18.6 Å². The Bertz CT molecular complexity index is 446. The second-order valence-electron chi connectivity index (χ2n) is 5.81. The number of rotatable bonds is 2. The number of methoxy groups -OCH3 is 1. The Morgan fingerprint density at radius 2 is 2.11 bits per heavy atom. The lowest BCUT2D eigenvalue weighted by atomic mass is 9.75. The zero-order valence-electron chi connectivity index (χ0n) is 11.6. The van der Waals surface area contributed by atoms with Gasteiger partial charge in [-0.3, -0.25) is 4.90 Å². The van der Waals surface area contributed by atoms with E-state index in [0.29, 0.717) is 0 Å². The van der Waals surface area contributed by atoms with Crippen LogP contribution in [0, 0.1) is 0 Å². The van der Waals surface area contributed by atoms with Crippen LogP contribution in [0.25, 0.3) is 0 Å². The van der Waals surface area contributed by atoms with Crippen LogP contribution in [0.4, 0.5) is 0 Å². The Hall–Kier alpha value is -1.06. The normalized spacial score (nSPS) is 31.8. The molecule has 0 aliphatic carbocycles. The first-order chi connectivity index (χ1) is 9.24. The summed E-state index contributed by atoms with van der Waals surface area (Å²) in [6.07, 6.45) is 5.54. The summed E-state index contributed by atoms with van der Waals surface area (Å²) in [5, 5.41) is 11.3. The van der Waals surface area contributed by atoms with Gasteiger partial charge in [0.2, 0.25) is 0 Å². The molecule has 2 heterocycles. The molecular formula is C16H23NO2. The molecule has 104 valence electrons. The number of aliphatic hydroxyl groups is 1. The van der Waals surface area contributed by atoms with E-state index in [0.717, 1.165) is 43.7 Å². The number of hydrogen-bond donors (Lipinski definition) is 1. The molecule has 0 bridgehead atoms. The Morgan fingerprint density at radius 3 is 2.95 bits per heavy atom. The van der Waals surface area contributed by atoms with Crippen molar-refractivity contribution in [1.82, 2.24) is 4.90 Å². The molecule has 0 radical (unpaired) electrons. The van der Waals surface area contributed by atoms with Gasteiger partial charge in [-0.05, 0) is 56.5 Å². The van der Waals surface area contributed by atoms with Gasteiger partial charge in [0, 0.05) is 6.04 Å². The molecule has 0 aromatic heterocycles. The van der Waals surface area contributed by atoms with Crippen molar-refractivity contribution in [3.63, 3.8) is 0 Å². The summed E-state index contributed by atoms with van der Waals surface area (Å²) in [6, 6.07) is 8.24. The first kappa shape index (κ1) is 12.9. The highest BCUT2D eigenvalue weighted by Gasteiger charge is 2.45. The SMILES string of the molecule is COc1cccc(C2(O)CCCN3CCCCC32)c1. The average molecular weight is 261 g/mol. The van der Waals surface area contributed by atoms with E-state index in [9.17, 15) is 5.11 Å². The van der Waals surface area contributed by atoms with Gasteiger partial charge in [0.15, 0.2) is 0 Å². The van der Waals surface area contributed by atoms with Crippen molar-refractivity contribution in [3.8, 4) is 5.75 Å². The third kappa shape index (κ3) is 2.26. The van der Waals surface area contributed by atoms with Crippen LogP contribution in [0.5, 0.6) is 5.75 Å². The number of benzene rings is 1. The topological polar surface area (TPSA) is 32.7 Å². The number of ether oxygens (including phenoxy) is 1. The van der Waals surface area contributed by atoms with Gasteiger partial charge in [0.25, 0.3) is 0 Å². The highest BCUT2D eigenvalue weighted by atomic mass is 16.5.